The highest BCUT2D eigenvalue weighted by Crippen LogP contribution is 2.21. The molecule has 1 heterocycles. The van der Waals surface area contributed by atoms with Crippen molar-refractivity contribution in [3.05, 3.63) is 29.3 Å². The van der Waals surface area contributed by atoms with Crippen molar-refractivity contribution in [2.75, 3.05) is 26.2 Å². The molecule has 1 aliphatic rings. The minimum absolute atomic E-state index is 0.0845. The van der Waals surface area contributed by atoms with Crippen LogP contribution < -0.4 is 5.43 Å². The van der Waals surface area contributed by atoms with E-state index in [9.17, 15) is 19.5 Å². The number of aryl methyl sites for hydroxylation is 1. The molecular weight excluding hydrogens is 324 g/mol. The summed E-state index contributed by atoms with van der Waals surface area (Å²) in [5.41, 5.74) is 3.54. The molecule has 2 N–H and O–H groups in total. The average Bonchev–Trinajstić information content (AvgIpc) is 2.62. The number of benzene rings is 1. The molecule has 3 amide bonds. The smallest absolute Gasteiger partial charge is 0.275 e. The van der Waals surface area contributed by atoms with E-state index in [1.807, 2.05) is 0 Å². The van der Waals surface area contributed by atoms with E-state index in [1.165, 1.54) is 6.07 Å². The van der Waals surface area contributed by atoms with Gasteiger partial charge in [-0.25, -0.2) is 5.43 Å². The van der Waals surface area contributed by atoms with Gasteiger partial charge in [0.2, 0.25) is 12.3 Å². The topological polar surface area (TPSA) is 102 Å². The van der Waals surface area contributed by atoms with Crippen LogP contribution in [0.5, 0.6) is 5.75 Å². The molecule has 0 radical (unpaired) electrons. The number of rotatable bonds is 5. The lowest BCUT2D eigenvalue weighted by Crippen LogP contribution is -2.48. The number of hydrazone groups is 1. The predicted octanol–water partition coefficient (Wildman–Crippen LogP) is 0.497. The molecule has 0 atom stereocenters. The van der Waals surface area contributed by atoms with Crippen LogP contribution in [0.25, 0.3) is 0 Å². The summed E-state index contributed by atoms with van der Waals surface area (Å²) in [6.07, 6.45) is 0.867. The van der Waals surface area contributed by atoms with Crippen LogP contribution in [-0.2, 0) is 9.59 Å². The SMILES string of the molecule is CC(CC(=O)N1CCN(C=O)CC1)=NNC(=O)c1cccc(C)c1O. The first-order valence-corrected chi connectivity index (χ1v) is 8.01. The van der Waals surface area contributed by atoms with Gasteiger partial charge in [-0.1, -0.05) is 12.1 Å². The molecule has 134 valence electrons. The van der Waals surface area contributed by atoms with E-state index in [0.29, 0.717) is 37.5 Å². The number of para-hydroxylation sites is 1. The molecule has 8 nitrogen and oxygen atoms in total. The number of hydrogen-bond acceptors (Lipinski definition) is 5. The van der Waals surface area contributed by atoms with Gasteiger partial charge in [0.15, 0.2) is 0 Å². The first-order chi connectivity index (χ1) is 11.9. The second kappa shape index (κ2) is 8.27. The Balaban J connectivity index is 1.89. The van der Waals surface area contributed by atoms with Gasteiger partial charge < -0.3 is 14.9 Å². The zero-order valence-corrected chi connectivity index (χ0v) is 14.4. The van der Waals surface area contributed by atoms with Crippen molar-refractivity contribution in [2.24, 2.45) is 5.10 Å². The summed E-state index contributed by atoms with van der Waals surface area (Å²) < 4.78 is 0. The molecule has 0 saturated carbocycles. The third-order valence-electron chi connectivity index (χ3n) is 4.05. The quantitative estimate of drug-likeness (QED) is 0.460. The van der Waals surface area contributed by atoms with Crippen molar-refractivity contribution >= 4 is 23.9 Å². The third-order valence-corrected chi connectivity index (χ3v) is 4.05. The van der Waals surface area contributed by atoms with E-state index in [4.69, 9.17) is 0 Å². The van der Waals surface area contributed by atoms with Crippen molar-refractivity contribution in [3.63, 3.8) is 0 Å². The van der Waals surface area contributed by atoms with Gasteiger partial charge in [-0.15, -0.1) is 0 Å². The Kier molecular flexibility index (Phi) is 6.10. The highest BCUT2D eigenvalue weighted by Gasteiger charge is 2.20. The van der Waals surface area contributed by atoms with Crippen molar-refractivity contribution in [2.45, 2.75) is 20.3 Å². The van der Waals surface area contributed by atoms with E-state index in [2.05, 4.69) is 10.5 Å². The van der Waals surface area contributed by atoms with Gasteiger partial charge in [-0.05, 0) is 25.5 Å². The zero-order chi connectivity index (χ0) is 18.4. The first kappa shape index (κ1) is 18.4. The van der Waals surface area contributed by atoms with Crippen LogP contribution in [0.4, 0.5) is 0 Å². The minimum atomic E-state index is -0.535. The average molecular weight is 346 g/mol. The van der Waals surface area contributed by atoms with Crippen molar-refractivity contribution < 1.29 is 19.5 Å². The minimum Gasteiger partial charge on any atom is -0.507 e. The van der Waals surface area contributed by atoms with Gasteiger partial charge in [-0.3, -0.25) is 14.4 Å². The predicted molar refractivity (Wildman–Crippen MR) is 92.3 cm³/mol. The number of piperazine rings is 1. The van der Waals surface area contributed by atoms with E-state index in [-0.39, 0.29) is 23.6 Å². The lowest BCUT2D eigenvalue weighted by atomic mass is 10.1. The van der Waals surface area contributed by atoms with Gasteiger partial charge in [0.05, 0.1) is 12.0 Å². The maximum Gasteiger partial charge on any atom is 0.275 e. The van der Waals surface area contributed by atoms with Crippen molar-refractivity contribution in [1.29, 1.82) is 0 Å². The van der Waals surface area contributed by atoms with Crippen LogP contribution in [-0.4, -0.2) is 65.0 Å². The van der Waals surface area contributed by atoms with Gasteiger partial charge in [0, 0.05) is 31.9 Å². The van der Waals surface area contributed by atoms with Crippen LogP contribution in [0.2, 0.25) is 0 Å². The number of amides is 3. The van der Waals surface area contributed by atoms with Gasteiger partial charge in [-0.2, -0.15) is 5.10 Å². The zero-order valence-electron chi connectivity index (χ0n) is 14.4. The Bertz CT molecular complexity index is 694. The van der Waals surface area contributed by atoms with E-state index >= 15 is 0 Å². The van der Waals surface area contributed by atoms with E-state index < -0.39 is 5.91 Å². The summed E-state index contributed by atoms with van der Waals surface area (Å²) in [5, 5.41) is 13.8. The Morgan fingerprint density at radius 2 is 1.96 bits per heavy atom. The molecule has 25 heavy (non-hydrogen) atoms. The summed E-state index contributed by atoms with van der Waals surface area (Å²) >= 11 is 0. The third kappa shape index (κ3) is 4.79. The maximum atomic E-state index is 12.2. The summed E-state index contributed by atoms with van der Waals surface area (Å²) in [6, 6.07) is 4.87. The lowest BCUT2D eigenvalue weighted by Gasteiger charge is -2.32. The molecular formula is C17H22N4O4. The standard InChI is InChI=1S/C17H22N4O4/c1-12-4-3-5-14(16(12)24)17(25)19-18-13(2)10-15(23)21-8-6-20(11-22)7-9-21/h3-5,11,24H,6-10H2,1-2H3,(H,19,25). The van der Waals surface area contributed by atoms with E-state index in [0.717, 1.165) is 6.41 Å². The van der Waals surface area contributed by atoms with Gasteiger partial charge in [0.1, 0.15) is 5.75 Å². The molecule has 2 rings (SSSR count). The Labute approximate surface area is 146 Å². The number of phenols is 1. The normalized spacial score (nSPS) is 15.0. The van der Waals surface area contributed by atoms with Gasteiger partial charge >= 0.3 is 0 Å². The molecule has 0 bridgehead atoms. The number of nitrogens with one attached hydrogen (secondary N) is 1. The second-order valence-corrected chi connectivity index (χ2v) is 5.96. The second-order valence-electron chi connectivity index (χ2n) is 5.96. The number of aromatic hydroxyl groups is 1. The van der Waals surface area contributed by atoms with Crippen LogP contribution in [0.15, 0.2) is 23.3 Å². The molecule has 0 spiro atoms. The van der Waals surface area contributed by atoms with Crippen LogP contribution in [0, 0.1) is 6.92 Å². The molecule has 1 aromatic rings. The highest BCUT2D eigenvalue weighted by molar-refractivity contribution is 6.01. The van der Waals surface area contributed by atoms with Crippen LogP contribution >= 0.6 is 0 Å². The summed E-state index contributed by atoms with van der Waals surface area (Å²) in [4.78, 5) is 38.2. The number of nitrogens with zero attached hydrogens (tertiary/aromatic N) is 3. The fraction of sp³-hybridized carbons (Fsp3) is 0.412. The Hall–Kier alpha value is -2.90. The summed E-state index contributed by atoms with van der Waals surface area (Å²) in [6.45, 7) is 5.38. The molecule has 1 fully saturated rings. The maximum absolute atomic E-state index is 12.2. The lowest BCUT2D eigenvalue weighted by molar-refractivity contribution is -0.134. The van der Waals surface area contributed by atoms with Crippen LogP contribution in [0.3, 0.4) is 0 Å². The van der Waals surface area contributed by atoms with E-state index in [1.54, 1.807) is 35.8 Å². The molecule has 1 aliphatic heterocycles. The fourth-order valence-corrected chi connectivity index (χ4v) is 2.50. The Morgan fingerprint density at radius 1 is 1.28 bits per heavy atom. The van der Waals surface area contributed by atoms with Crippen LogP contribution in [0.1, 0.15) is 29.3 Å². The molecule has 1 saturated heterocycles. The first-order valence-electron chi connectivity index (χ1n) is 8.01. The molecule has 1 aromatic carbocycles. The number of carbonyl (C=O) groups is 3. The monoisotopic (exact) mass is 346 g/mol. The van der Waals surface area contributed by atoms with Gasteiger partial charge in [0.25, 0.3) is 5.91 Å². The molecule has 0 unspecified atom stereocenters. The molecule has 0 aromatic heterocycles. The highest BCUT2D eigenvalue weighted by atomic mass is 16.3. The number of hydrogen-bond donors (Lipinski definition) is 2. The van der Waals surface area contributed by atoms with Crippen molar-refractivity contribution in [3.8, 4) is 5.75 Å². The summed E-state index contributed by atoms with van der Waals surface area (Å²) in [5.74, 6) is -0.718. The molecule has 0 aliphatic carbocycles. The fourth-order valence-electron chi connectivity index (χ4n) is 2.50. The molecule has 8 heteroatoms. The van der Waals surface area contributed by atoms with Crippen molar-refractivity contribution in [1.82, 2.24) is 15.2 Å². The number of phenolic OH excluding ortho intramolecular Hbond substituents is 1. The Morgan fingerprint density at radius 3 is 2.60 bits per heavy atom. The largest absolute Gasteiger partial charge is 0.507 e. The summed E-state index contributed by atoms with van der Waals surface area (Å²) in [7, 11) is 0. The number of carbonyl (C=O) groups excluding carboxylic acids is 3.